The Morgan fingerprint density at radius 2 is 2.19 bits per heavy atom. The van der Waals surface area contributed by atoms with Gasteiger partial charge in [0, 0.05) is 11.4 Å². The molecule has 2 aromatic rings. The molecule has 1 heterocycles. The smallest absolute Gasteiger partial charge is 0.203 e. The van der Waals surface area contributed by atoms with Gasteiger partial charge < -0.3 is 4.42 Å². The van der Waals surface area contributed by atoms with E-state index >= 15 is 0 Å². The number of hydrogen-bond donors (Lipinski definition) is 0. The number of rotatable bonds is 3. The van der Waals surface area contributed by atoms with Crippen LogP contribution in [0.5, 0.6) is 0 Å². The van der Waals surface area contributed by atoms with Crippen LogP contribution in [0.15, 0.2) is 45.5 Å². The van der Waals surface area contributed by atoms with Crippen molar-refractivity contribution in [1.82, 2.24) is 0 Å². The van der Waals surface area contributed by atoms with Gasteiger partial charge in [0.05, 0.1) is 10.7 Å². The van der Waals surface area contributed by atoms with E-state index in [2.05, 4.69) is 15.9 Å². The number of Topliss-reactive ketones (excluding diaryl/α,β-unsaturated/α-hetero) is 1. The van der Waals surface area contributed by atoms with E-state index in [9.17, 15) is 4.79 Å². The first kappa shape index (κ1) is 11.4. The fourth-order valence-electron chi connectivity index (χ4n) is 1.41. The molecule has 2 nitrogen and oxygen atoms in total. The van der Waals surface area contributed by atoms with Crippen molar-refractivity contribution >= 4 is 33.3 Å². The van der Waals surface area contributed by atoms with Crippen molar-refractivity contribution in [2.75, 3.05) is 0 Å². The first-order valence-electron chi connectivity index (χ1n) is 4.67. The third-order valence-electron chi connectivity index (χ3n) is 2.12. The molecule has 2 rings (SSSR count). The van der Waals surface area contributed by atoms with E-state index in [0.717, 1.165) is 5.56 Å². The van der Waals surface area contributed by atoms with E-state index < -0.39 is 0 Å². The number of carbonyl (C=O) groups is 1. The summed E-state index contributed by atoms with van der Waals surface area (Å²) in [5, 5.41) is 0.629. The largest absolute Gasteiger partial charge is 0.460 e. The fourth-order valence-corrected chi connectivity index (χ4v) is 2.04. The van der Waals surface area contributed by atoms with Gasteiger partial charge in [0.1, 0.15) is 0 Å². The molecular formula is C12H8BrClO2. The normalized spacial score (nSPS) is 10.4. The van der Waals surface area contributed by atoms with Crippen LogP contribution in [0.3, 0.4) is 0 Å². The van der Waals surface area contributed by atoms with Crippen molar-refractivity contribution in [3.8, 4) is 0 Å². The zero-order chi connectivity index (χ0) is 11.5. The zero-order valence-corrected chi connectivity index (χ0v) is 10.6. The van der Waals surface area contributed by atoms with Gasteiger partial charge in [0.15, 0.2) is 5.76 Å². The van der Waals surface area contributed by atoms with Crippen molar-refractivity contribution in [3.05, 3.63) is 57.4 Å². The maximum atomic E-state index is 11.8. The topological polar surface area (TPSA) is 30.2 Å². The highest BCUT2D eigenvalue weighted by Crippen LogP contribution is 2.20. The van der Waals surface area contributed by atoms with Crippen LogP contribution in [0.25, 0.3) is 0 Å². The lowest BCUT2D eigenvalue weighted by Gasteiger charge is -2.00. The van der Waals surface area contributed by atoms with Gasteiger partial charge in [-0.2, -0.15) is 0 Å². The Morgan fingerprint density at radius 1 is 1.38 bits per heavy atom. The molecule has 0 bridgehead atoms. The summed E-state index contributed by atoms with van der Waals surface area (Å²) in [4.78, 5) is 11.8. The first-order chi connectivity index (χ1) is 7.66. The molecule has 82 valence electrons. The van der Waals surface area contributed by atoms with Gasteiger partial charge in [0.25, 0.3) is 0 Å². The Balaban J connectivity index is 2.17. The summed E-state index contributed by atoms with van der Waals surface area (Å²) < 4.78 is 5.78. The highest BCUT2D eigenvalue weighted by molar-refractivity contribution is 9.10. The summed E-state index contributed by atoms with van der Waals surface area (Å²) in [5.74, 6) is 0.277. The van der Waals surface area contributed by atoms with E-state index in [1.807, 2.05) is 12.1 Å². The molecule has 0 spiro atoms. The van der Waals surface area contributed by atoms with Crippen LogP contribution in [0.4, 0.5) is 0 Å². The summed E-state index contributed by atoms with van der Waals surface area (Å²) in [5.41, 5.74) is 0.876. The van der Waals surface area contributed by atoms with Crippen LogP contribution in [0.1, 0.15) is 16.1 Å². The van der Waals surface area contributed by atoms with Crippen molar-refractivity contribution in [2.24, 2.45) is 0 Å². The molecule has 0 aliphatic rings. The second-order valence-electron chi connectivity index (χ2n) is 3.33. The SMILES string of the molecule is O=C(Cc1cccc(Cl)c1)c1occc1Br. The molecule has 0 atom stereocenters. The Morgan fingerprint density at radius 3 is 2.81 bits per heavy atom. The number of carbonyl (C=O) groups excluding carboxylic acids is 1. The van der Waals surface area contributed by atoms with Crippen LogP contribution in [-0.2, 0) is 6.42 Å². The third-order valence-corrected chi connectivity index (χ3v) is 2.98. The van der Waals surface area contributed by atoms with Gasteiger partial charge >= 0.3 is 0 Å². The first-order valence-corrected chi connectivity index (χ1v) is 5.84. The van der Waals surface area contributed by atoms with Crippen LogP contribution in [0.2, 0.25) is 5.02 Å². The van der Waals surface area contributed by atoms with Crippen LogP contribution in [-0.4, -0.2) is 5.78 Å². The molecule has 0 fully saturated rings. The van der Waals surface area contributed by atoms with Gasteiger partial charge in [-0.15, -0.1) is 0 Å². The second-order valence-corrected chi connectivity index (χ2v) is 4.62. The standard InChI is InChI=1S/C12H8BrClO2/c13-10-4-5-16-12(10)11(15)7-8-2-1-3-9(14)6-8/h1-6H,7H2. The summed E-state index contributed by atoms with van der Waals surface area (Å²) in [7, 11) is 0. The lowest BCUT2D eigenvalue weighted by atomic mass is 10.1. The van der Waals surface area contributed by atoms with Crippen molar-refractivity contribution in [3.63, 3.8) is 0 Å². The van der Waals surface area contributed by atoms with Gasteiger partial charge in [-0.25, -0.2) is 0 Å². The molecule has 0 aliphatic heterocycles. The van der Waals surface area contributed by atoms with Crippen molar-refractivity contribution < 1.29 is 9.21 Å². The number of halogens is 2. The third kappa shape index (κ3) is 2.54. The Kier molecular flexibility index (Phi) is 3.46. The summed E-state index contributed by atoms with van der Waals surface area (Å²) in [6, 6.07) is 8.93. The number of hydrogen-bond acceptors (Lipinski definition) is 2. The van der Waals surface area contributed by atoms with E-state index in [1.54, 1.807) is 18.2 Å². The maximum Gasteiger partial charge on any atom is 0.203 e. The molecule has 0 saturated carbocycles. The Labute approximate surface area is 106 Å². The van der Waals surface area contributed by atoms with Crippen LogP contribution >= 0.6 is 27.5 Å². The number of benzene rings is 1. The van der Waals surface area contributed by atoms with Gasteiger partial charge in [-0.05, 0) is 39.7 Å². The molecule has 0 unspecified atom stereocenters. The number of furan rings is 1. The van der Waals surface area contributed by atoms with Crippen LogP contribution < -0.4 is 0 Å². The van der Waals surface area contributed by atoms with Gasteiger partial charge in [0.2, 0.25) is 5.78 Å². The zero-order valence-electron chi connectivity index (χ0n) is 8.24. The van der Waals surface area contributed by atoms with Gasteiger partial charge in [-0.1, -0.05) is 23.7 Å². The van der Waals surface area contributed by atoms with Crippen LogP contribution in [0, 0.1) is 0 Å². The predicted molar refractivity (Wildman–Crippen MR) is 65.9 cm³/mol. The van der Waals surface area contributed by atoms with E-state index in [1.165, 1.54) is 6.26 Å². The summed E-state index contributed by atoms with van der Waals surface area (Å²) >= 11 is 9.09. The minimum atomic E-state index is -0.0702. The van der Waals surface area contributed by atoms with Gasteiger partial charge in [-0.3, -0.25) is 4.79 Å². The monoisotopic (exact) mass is 298 g/mol. The minimum Gasteiger partial charge on any atom is -0.460 e. The molecule has 4 heteroatoms. The van der Waals surface area contributed by atoms with Crippen molar-refractivity contribution in [1.29, 1.82) is 0 Å². The molecule has 0 saturated heterocycles. The van der Waals surface area contributed by atoms with E-state index in [0.29, 0.717) is 15.3 Å². The fraction of sp³-hybridized carbons (Fsp3) is 0.0833. The molecule has 0 amide bonds. The van der Waals surface area contributed by atoms with Crippen molar-refractivity contribution in [2.45, 2.75) is 6.42 Å². The predicted octanol–water partition coefficient (Wildman–Crippen LogP) is 4.12. The Bertz CT molecular complexity index is 519. The maximum absolute atomic E-state index is 11.8. The highest BCUT2D eigenvalue weighted by atomic mass is 79.9. The summed E-state index contributed by atoms with van der Waals surface area (Å²) in [6.07, 6.45) is 1.77. The Hall–Kier alpha value is -1.06. The molecule has 0 N–H and O–H groups in total. The molecule has 1 aromatic carbocycles. The molecule has 16 heavy (non-hydrogen) atoms. The number of ketones is 1. The van der Waals surface area contributed by atoms with E-state index in [4.69, 9.17) is 16.0 Å². The molecule has 1 aromatic heterocycles. The highest BCUT2D eigenvalue weighted by Gasteiger charge is 2.14. The lowest BCUT2D eigenvalue weighted by Crippen LogP contribution is -2.02. The average molecular weight is 300 g/mol. The molecular weight excluding hydrogens is 291 g/mol. The minimum absolute atomic E-state index is 0.0702. The molecule has 0 aliphatic carbocycles. The van der Waals surface area contributed by atoms with E-state index in [-0.39, 0.29) is 12.2 Å². The average Bonchev–Trinajstić information content (AvgIpc) is 2.64. The lowest BCUT2D eigenvalue weighted by molar-refractivity contribution is 0.0965. The molecule has 0 radical (unpaired) electrons. The summed E-state index contributed by atoms with van der Waals surface area (Å²) in [6.45, 7) is 0. The quantitative estimate of drug-likeness (QED) is 0.798. The second kappa shape index (κ2) is 4.85.